The molecule has 1 aliphatic carbocycles. The Kier molecular flexibility index (Phi) is 6.63. The van der Waals surface area contributed by atoms with Crippen LogP contribution in [0.2, 0.25) is 0 Å². The molecule has 194 valence electrons. The predicted molar refractivity (Wildman–Crippen MR) is 120 cm³/mol. The molecule has 0 amide bonds. The first-order valence-electron chi connectivity index (χ1n) is 11.7. The van der Waals surface area contributed by atoms with Crippen LogP contribution in [0.1, 0.15) is 40.7 Å². The van der Waals surface area contributed by atoms with Crippen LogP contribution in [0.5, 0.6) is 11.6 Å². The Balaban J connectivity index is 1.60. The van der Waals surface area contributed by atoms with Gasteiger partial charge in [-0.3, -0.25) is 0 Å². The smallest absolute Gasteiger partial charge is 0.416 e. The highest BCUT2D eigenvalue weighted by Gasteiger charge is 2.37. The van der Waals surface area contributed by atoms with Crippen molar-refractivity contribution in [1.82, 2.24) is 9.97 Å². The zero-order chi connectivity index (χ0) is 25.7. The van der Waals surface area contributed by atoms with Gasteiger partial charge < -0.3 is 14.4 Å². The van der Waals surface area contributed by atoms with E-state index in [-0.39, 0.29) is 11.9 Å². The first-order chi connectivity index (χ1) is 17.0. The lowest BCUT2D eigenvalue weighted by atomic mass is 9.89. The van der Waals surface area contributed by atoms with Gasteiger partial charge in [-0.2, -0.15) is 31.3 Å². The molecule has 36 heavy (non-hydrogen) atoms. The van der Waals surface area contributed by atoms with Gasteiger partial charge in [0.05, 0.1) is 29.7 Å². The Labute approximate surface area is 207 Å². The van der Waals surface area contributed by atoms with Crippen LogP contribution < -0.4 is 9.64 Å². The maximum Gasteiger partial charge on any atom is 0.416 e. The van der Waals surface area contributed by atoms with E-state index in [2.05, 4.69) is 11.9 Å². The number of alkyl halides is 6. The van der Waals surface area contributed by atoms with Crippen LogP contribution in [-0.4, -0.2) is 36.3 Å². The van der Waals surface area contributed by atoms with Gasteiger partial charge in [0.25, 0.3) is 0 Å². The number of rotatable bonds is 4. The number of fused-ring (bicyclic) bond motifs is 3. The molecular formula is C24H24F6N3O2S+. The normalized spacial score (nSPS) is 19.5. The molecule has 2 aliphatic rings. The molecule has 1 aromatic carbocycles. The van der Waals surface area contributed by atoms with Gasteiger partial charge in [-0.1, -0.05) is 6.92 Å². The van der Waals surface area contributed by atoms with Gasteiger partial charge >= 0.3 is 12.4 Å². The summed E-state index contributed by atoms with van der Waals surface area (Å²) in [6.07, 6.45) is -7.46. The summed E-state index contributed by atoms with van der Waals surface area (Å²) in [7, 11) is 0. The van der Waals surface area contributed by atoms with Crippen molar-refractivity contribution >= 4 is 21.6 Å². The van der Waals surface area contributed by atoms with Crippen LogP contribution in [0, 0.1) is 5.92 Å². The molecule has 3 heterocycles. The first-order valence-corrected chi connectivity index (χ1v) is 12.5. The largest absolute Gasteiger partial charge is 0.438 e. The van der Waals surface area contributed by atoms with Crippen LogP contribution in [0.3, 0.4) is 0 Å². The number of nitrogens with zero attached hydrogens (tertiary/aromatic N) is 2. The minimum atomic E-state index is -4.97. The average molecular weight is 533 g/mol. The molecule has 0 spiro atoms. The standard InChI is InChI=1S/C24H23F6N3O2S/c1-13-2-3-17-18(8-13)36-22-20(17)21(31-19(32-22)12-33-4-6-34-7-5-33)35-16-10-14(23(25,26)27)9-15(11-16)24(28,29)30/h9-11,13H,2-8,12H2,1H3/p+1/t13-/m0/s1. The highest BCUT2D eigenvalue weighted by molar-refractivity contribution is 7.18. The van der Waals surface area contributed by atoms with E-state index in [1.807, 2.05) is 0 Å². The molecule has 2 aromatic heterocycles. The third-order valence-corrected chi connectivity index (χ3v) is 7.70. The van der Waals surface area contributed by atoms with Crippen molar-refractivity contribution in [2.75, 3.05) is 26.3 Å². The lowest BCUT2D eigenvalue weighted by Crippen LogP contribution is -3.12. The summed E-state index contributed by atoms with van der Waals surface area (Å²) in [6, 6.07) is 1.25. The summed E-state index contributed by atoms with van der Waals surface area (Å²) in [5, 5.41) is 0.577. The van der Waals surface area contributed by atoms with Gasteiger partial charge in [0, 0.05) is 4.88 Å². The van der Waals surface area contributed by atoms with Crippen molar-refractivity contribution in [3.8, 4) is 11.6 Å². The molecule has 5 rings (SSSR count). The summed E-state index contributed by atoms with van der Waals surface area (Å²) < 4.78 is 91.6. The zero-order valence-corrected chi connectivity index (χ0v) is 20.2. The quantitative estimate of drug-likeness (QED) is 0.478. The Hall–Kier alpha value is -2.44. The Morgan fingerprint density at radius 1 is 1.03 bits per heavy atom. The molecule has 1 N–H and O–H groups in total. The summed E-state index contributed by atoms with van der Waals surface area (Å²) in [4.78, 5) is 12.2. The van der Waals surface area contributed by atoms with Gasteiger partial charge in [0.1, 0.15) is 30.2 Å². The number of halogens is 6. The Morgan fingerprint density at radius 3 is 2.33 bits per heavy atom. The highest BCUT2D eigenvalue weighted by atomic mass is 32.1. The molecule has 0 saturated carbocycles. The summed E-state index contributed by atoms with van der Waals surface area (Å²) in [5.41, 5.74) is -1.90. The van der Waals surface area contributed by atoms with E-state index in [4.69, 9.17) is 14.5 Å². The lowest BCUT2D eigenvalue weighted by Gasteiger charge is -2.23. The zero-order valence-electron chi connectivity index (χ0n) is 19.4. The van der Waals surface area contributed by atoms with Crippen molar-refractivity contribution in [2.45, 2.75) is 45.1 Å². The number of aromatic nitrogens is 2. The van der Waals surface area contributed by atoms with E-state index in [0.29, 0.717) is 53.9 Å². The summed E-state index contributed by atoms with van der Waals surface area (Å²) in [6.45, 7) is 5.28. The number of hydrogen-bond acceptors (Lipinski definition) is 5. The minimum Gasteiger partial charge on any atom is -0.438 e. The average Bonchev–Trinajstić information content (AvgIpc) is 3.16. The lowest BCUT2D eigenvalue weighted by molar-refractivity contribution is -0.922. The van der Waals surface area contributed by atoms with E-state index in [1.165, 1.54) is 16.2 Å². The first kappa shape index (κ1) is 25.2. The molecule has 0 bridgehead atoms. The molecule has 1 saturated heterocycles. The van der Waals surface area contributed by atoms with Gasteiger partial charge in [-0.05, 0) is 48.9 Å². The van der Waals surface area contributed by atoms with Gasteiger partial charge in [0.15, 0.2) is 5.82 Å². The molecular weight excluding hydrogens is 508 g/mol. The fourth-order valence-corrected chi connectivity index (χ4v) is 6.05. The van der Waals surface area contributed by atoms with Crippen LogP contribution in [0.15, 0.2) is 18.2 Å². The van der Waals surface area contributed by atoms with E-state index in [0.717, 1.165) is 42.8 Å². The number of morpholine rings is 1. The SMILES string of the molecule is C[C@H]1CCc2c(sc3nc(C[NH+]4CCOCC4)nc(Oc4cc(C(F)(F)F)cc(C(F)(F)F)c4)c23)C1. The second kappa shape index (κ2) is 9.46. The molecule has 0 radical (unpaired) electrons. The van der Waals surface area contributed by atoms with Crippen molar-refractivity contribution in [3.63, 3.8) is 0 Å². The van der Waals surface area contributed by atoms with Gasteiger partial charge in [-0.25, -0.2) is 4.98 Å². The van der Waals surface area contributed by atoms with Crippen LogP contribution in [-0.2, 0) is 36.5 Å². The second-order valence-electron chi connectivity index (χ2n) is 9.36. The molecule has 12 heteroatoms. The van der Waals surface area contributed by atoms with E-state index >= 15 is 0 Å². The Morgan fingerprint density at radius 2 is 1.69 bits per heavy atom. The summed E-state index contributed by atoms with van der Waals surface area (Å²) >= 11 is 1.49. The molecule has 0 unspecified atom stereocenters. The topological polar surface area (TPSA) is 48.7 Å². The fraction of sp³-hybridized carbons (Fsp3) is 0.500. The predicted octanol–water partition coefficient (Wildman–Crippen LogP) is 5.06. The van der Waals surface area contributed by atoms with Gasteiger partial charge in [-0.15, -0.1) is 11.3 Å². The molecule has 1 aliphatic heterocycles. The molecule has 1 fully saturated rings. The highest BCUT2D eigenvalue weighted by Crippen LogP contribution is 2.43. The minimum absolute atomic E-state index is 0.00200. The number of hydrogen-bond donors (Lipinski definition) is 1. The number of aryl methyl sites for hydroxylation is 1. The van der Waals surface area contributed by atoms with Crippen molar-refractivity contribution < 1.29 is 40.7 Å². The number of nitrogens with one attached hydrogen (secondary N) is 1. The van der Waals surface area contributed by atoms with Crippen LogP contribution >= 0.6 is 11.3 Å². The van der Waals surface area contributed by atoms with E-state index < -0.39 is 29.2 Å². The fourth-order valence-electron chi connectivity index (χ4n) is 4.66. The second-order valence-corrected chi connectivity index (χ2v) is 10.4. The molecule has 3 aromatic rings. The maximum atomic E-state index is 13.4. The van der Waals surface area contributed by atoms with Crippen molar-refractivity contribution in [2.24, 2.45) is 5.92 Å². The van der Waals surface area contributed by atoms with Gasteiger partial charge in [0.2, 0.25) is 5.88 Å². The molecule has 5 nitrogen and oxygen atoms in total. The third kappa shape index (κ3) is 5.30. The molecule has 1 atom stereocenters. The van der Waals surface area contributed by atoms with E-state index in [1.54, 1.807) is 0 Å². The number of thiophene rings is 1. The van der Waals surface area contributed by atoms with Crippen LogP contribution in [0.25, 0.3) is 10.2 Å². The summed E-state index contributed by atoms with van der Waals surface area (Å²) in [5.74, 6) is 0.343. The monoisotopic (exact) mass is 532 g/mol. The van der Waals surface area contributed by atoms with Crippen molar-refractivity contribution in [1.29, 1.82) is 0 Å². The van der Waals surface area contributed by atoms with E-state index in [9.17, 15) is 26.3 Å². The number of benzene rings is 1. The number of quaternary nitrogens is 1. The third-order valence-electron chi connectivity index (χ3n) is 6.55. The maximum absolute atomic E-state index is 13.4. The van der Waals surface area contributed by atoms with Crippen LogP contribution in [0.4, 0.5) is 26.3 Å². The number of ether oxygens (including phenoxy) is 2. The Bertz CT molecular complexity index is 1240. The van der Waals surface area contributed by atoms with Crippen molar-refractivity contribution in [3.05, 3.63) is 45.6 Å².